The van der Waals surface area contributed by atoms with Gasteiger partial charge in [-0.05, 0) is 24.3 Å². The fourth-order valence-electron chi connectivity index (χ4n) is 2.01. The molecule has 0 radical (unpaired) electrons. The van der Waals surface area contributed by atoms with Gasteiger partial charge < -0.3 is 14.2 Å². The van der Waals surface area contributed by atoms with Gasteiger partial charge in [-0.3, -0.25) is 20.4 Å². The van der Waals surface area contributed by atoms with E-state index in [1.807, 2.05) is 0 Å². The first-order chi connectivity index (χ1) is 12.9. The number of rotatable bonds is 6. The molecule has 2 amide bonds. The van der Waals surface area contributed by atoms with Gasteiger partial charge in [-0.1, -0.05) is 23.7 Å². The summed E-state index contributed by atoms with van der Waals surface area (Å²) < 4.78 is 15.0. The van der Waals surface area contributed by atoms with Crippen LogP contribution in [0.5, 0.6) is 11.5 Å². The van der Waals surface area contributed by atoms with Crippen molar-refractivity contribution >= 4 is 29.4 Å². The van der Waals surface area contributed by atoms with Crippen molar-refractivity contribution in [3.8, 4) is 11.5 Å². The lowest BCUT2D eigenvalue weighted by atomic mass is 10.2. The summed E-state index contributed by atoms with van der Waals surface area (Å²) in [6, 6.07) is 10.8. The van der Waals surface area contributed by atoms with E-state index in [1.165, 1.54) is 32.4 Å². The maximum atomic E-state index is 12.1. The molecule has 0 aliphatic carbocycles. The minimum Gasteiger partial charge on any atom is -0.497 e. The molecular formula is C18H17ClN2O6. The zero-order chi connectivity index (χ0) is 19.8. The fraction of sp³-hybridized carbons (Fsp3) is 0.167. The Morgan fingerprint density at radius 3 is 2.19 bits per heavy atom. The summed E-state index contributed by atoms with van der Waals surface area (Å²) in [4.78, 5) is 35.8. The molecule has 2 aromatic carbocycles. The zero-order valence-corrected chi connectivity index (χ0v) is 15.3. The molecule has 0 aliphatic heterocycles. The van der Waals surface area contributed by atoms with Crippen molar-refractivity contribution in [1.29, 1.82) is 0 Å². The molecule has 0 saturated carbocycles. The molecule has 0 saturated heterocycles. The topological polar surface area (TPSA) is 103 Å². The highest BCUT2D eigenvalue weighted by atomic mass is 35.5. The molecule has 0 spiro atoms. The van der Waals surface area contributed by atoms with Gasteiger partial charge in [0.05, 0.1) is 30.4 Å². The van der Waals surface area contributed by atoms with Gasteiger partial charge in [0.15, 0.2) is 6.61 Å². The Hall–Kier alpha value is -3.26. The van der Waals surface area contributed by atoms with E-state index in [2.05, 4.69) is 10.9 Å². The van der Waals surface area contributed by atoms with E-state index in [4.69, 9.17) is 25.8 Å². The zero-order valence-electron chi connectivity index (χ0n) is 14.6. The third-order valence-electron chi connectivity index (χ3n) is 3.36. The second-order valence-electron chi connectivity index (χ2n) is 5.16. The van der Waals surface area contributed by atoms with Crippen molar-refractivity contribution in [1.82, 2.24) is 10.9 Å². The Bertz CT molecular complexity index is 833. The number of benzene rings is 2. The van der Waals surface area contributed by atoms with Crippen molar-refractivity contribution in [2.45, 2.75) is 0 Å². The maximum Gasteiger partial charge on any atom is 0.338 e. The summed E-state index contributed by atoms with van der Waals surface area (Å²) in [5, 5.41) is 0.239. The molecule has 27 heavy (non-hydrogen) atoms. The number of amides is 2. The molecule has 142 valence electrons. The SMILES string of the molecule is COc1cc(OC)cc(C(=O)OCC(=O)NNC(=O)c2ccccc2Cl)c1. The summed E-state index contributed by atoms with van der Waals surface area (Å²) in [5.41, 5.74) is 4.67. The number of hydrazine groups is 1. The van der Waals surface area contributed by atoms with Crippen LogP contribution in [0.25, 0.3) is 0 Å². The summed E-state index contributed by atoms with van der Waals surface area (Å²) in [5.74, 6) is -1.27. The molecule has 0 atom stereocenters. The van der Waals surface area contributed by atoms with Crippen LogP contribution in [0.2, 0.25) is 5.02 Å². The van der Waals surface area contributed by atoms with Crippen molar-refractivity contribution in [2.75, 3.05) is 20.8 Å². The third kappa shape index (κ3) is 5.61. The number of carbonyl (C=O) groups excluding carboxylic acids is 3. The first-order valence-corrected chi connectivity index (χ1v) is 8.06. The Morgan fingerprint density at radius 1 is 0.963 bits per heavy atom. The molecule has 0 bridgehead atoms. The van der Waals surface area contributed by atoms with Crippen molar-refractivity contribution in [3.05, 3.63) is 58.6 Å². The fourth-order valence-corrected chi connectivity index (χ4v) is 2.24. The van der Waals surface area contributed by atoms with Crippen LogP contribution in [0, 0.1) is 0 Å². The molecule has 0 aliphatic rings. The molecular weight excluding hydrogens is 376 g/mol. The lowest BCUT2D eigenvalue weighted by molar-refractivity contribution is -0.125. The molecule has 0 unspecified atom stereocenters. The number of nitrogens with one attached hydrogen (secondary N) is 2. The Balaban J connectivity index is 1.87. The lowest BCUT2D eigenvalue weighted by Crippen LogP contribution is -2.43. The highest BCUT2D eigenvalue weighted by Crippen LogP contribution is 2.22. The molecule has 2 aromatic rings. The second-order valence-corrected chi connectivity index (χ2v) is 5.57. The van der Waals surface area contributed by atoms with E-state index < -0.39 is 24.4 Å². The molecule has 0 aromatic heterocycles. The average Bonchev–Trinajstić information content (AvgIpc) is 2.69. The molecule has 0 heterocycles. The monoisotopic (exact) mass is 392 g/mol. The van der Waals surface area contributed by atoms with E-state index in [0.29, 0.717) is 11.5 Å². The van der Waals surface area contributed by atoms with E-state index in [9.17, 15) is 14.4 Å². The van der Waals surface area contributed by atoms with Gasteiger partial charge in [0.25, 0.3) is 11.8 Å². The average molecular weight is 393 g/mol. The van der Waals surface area contributed by atoms with Crippen LogP contribution in [-0.2, 0) is 9.53 Å². The van der Waals surface area contributed by atoms with Gasteiger partial charge >= 0.3 is 5.97 Å². The smallest absolute Gasteiger partial charge is 0.338 e. The molecule has 2 rings (SSSR count). The van der Waals surface area contributed by atoms with Crippen molar-refractivity contribution < 1.29 is 28.6 Å². The summed E-state index contributed by atoms with van der Waals surface area (Å²) in [6.07, 6.45) is 0. The van der Waals surface area contributed by atoms with Gasteiger partial charge in [-0.2, -0.15) is 0 Å². The first kappa shape index (κ1) is 20.1. The largest absolute Gasteiger partial charge is 0.497 e. The summed E-state index contributed by atoms with van der Waals surface area (Å²) in [6.45, 7) is -0.596. The molecule has 2 N–H and O–H groups in total. The van der Waals surface area contributed by atoms with Crippen molar-refractivity contribution in [3.63, 3.8) is 0 Å². The lowest BCUT2D eigenvalue weighted by Gasteiger charge is -2.10. The first-order valence-electron chi connectivity index (χ1n) is 7.68. The molecule has 0 fully saturated rings. The van der Waals surface area contributed by atoms with Gasteiger partial charge in [0.2, 0.25) is 0 Å². The minimum atomic E-state index is -0.750. The number of halogens is 1. The summed E-state index contributed by atoms with van der Waals surface area (Å²) >= 11 is 5.89. The predicted octanol–water partition coefficient (Wildman–Crippen LogP) is 1.98. The van der Waals surface area contributed by atoms with Gasteiger partial charge in [-0.15, -0.1) is 0 Å². The van der Waals surface area contributed by atoms with Crippen LogP contribution in [0.4, 0.5) is 0 Å². The predicted molar refractivity (Wildman–Crippen MR) is 96.9 cm³/mol. The highest BCUT2D eigenvalue weighted by molar-refractivity contribution is 6.33. The number of methoxy groups -OCH3 is 2. The van der Waals surface area contributed by atoms with E-state index in [-0.39, 0.29) is 16.1 Å². The Kier molecular flexibility index (Phi) is 7.01. The maximum absolute atomic E-state index is 12.1. The van der Waals surface area contributed by atoms with Gasteiger partial charge in [0, 0.05) is 6.07 Å². The molecule has 9 heteroatoms. The van der Waals surface area contributed by atoms with Gasteiger partial charge in [-0.25, -0.2) is 4.79 Å². The quantitative estimate of drug-likeness (QED) is 0.575. The van der Waals surface area contributed by atoms with E-state index in [1.54, 1.807) is 24.3 Å². The number of carbonyl (C=O) groups is 3. The van der Waals surface area contributed by atoms with Crippen molar-refractivity contribution in [2.24, 2.45) is 0 Å². The second kappa shape index (κ2) is 9.44. The highest BCUT2D eigenvalue weighted by Gasteiger charge is 2.14. The number of esters is 1. The number of hydrogen-bond acceptors (Lipinski definition) is 6. The normalized spacial score (nSPS) is 9.89. The summed E-state index contributed by atoms with van der Waals surface area (Å²) in [7, 11) is 2.89. The van der Waals surface area contributed by atoms with Crippen LogP contribution in [0.1, 0.15) is 20.7 Å². The van der Waals surface area contributed by atoms with Crippen LogP contribution in [-0.4, -0.2) is 38.6 Å². The van der Waals surface area contributed by atoms with Crippen LogP contribution >= 0.6 is 11.6 Å². The number of hydrogen-bond donors (Lipinski definition) is 2. The minimum absolute atomic E-state index is 0.152. The van der Waals surface area contributed by atoms with Gasteiger partial charge in [0.1, 0.15) is 11.5 Å². The van der Waals surface area contributed by atoms with Crippen LogP contribution < -0.4 is 20.3 Å². The standard InChI is InChI=1S/C18H17ClN2O6/c1-25-12-7-11(8-13(9-12)26-2)18(24)27-10-16(22)20-21-17(23)14-5-3-4-6-15(14)19/h3-9H,10H2,1-2H3,(H,20,22)(H,21,23). The van der Waals surface area contributed by atoms with E-state index in [0.717, 1.165) is 0 Å². The van der Waals surface area contributed by atoms with E-state index >= 15 is 0 Å². The Labute approximate surface area is 160 Å². The van der Waals surface area contributed by atoms with Crippen LogP contribution in [0.3, 0.4) is 0 Å². The van der Waals surface area contributed by atoms with Crippen LogP contribution in [0.15, 0.2) is 42.5 Å². The number of ether oxygens (including phenoxy) is 3. The Morgan fingerprint density at radius 2 is 1.59 bits per heavy atom. The molecule has 8 nitrogen and oxygen atoms in total. The third-order valence-corrected chi connectivity index (χ3v) is 3.69.